The number of aromatic hydroxyl groups is 1. The van der Waals surface area contributed by atoms with Gasteiger partial charge in [-0.2, -0.15) is 0 Å². The number of hydrogen-bond acceptors (Lipinski definition) is 2. The Balaban J connectivity index is 2.56. The van der Waals surface area contributed by atoms with Gasteiger partial charge in [0, 0.05) is 11.5 Å². The number of phenols is 1. The number of nitrogens with two attached hydrogens (primary N) is 1. The maximum atomic E-state index is 10.1. The largest absolute Gasteiger partial charge is 0.508 e. The average molecular weight is 247 g/mol. The van der Waals surface area contributed by atoms with Crippen LogP contribution in [0.15, 0.2) is 12.1 Å². The first kappa shape index (κ1) is 13.4. The van der Waals surface area contributed by atoms with Crippen LogP contribution >= 0.6 is 0 Å². The summed E-state index contributed by atoms with van der Waals surface area (Å²) in [7, 11) is 0. The average Bonchev–Trinajstić information content (AvgIpc) is 2.96. The van der Waals surface area contributed by atoms with E-state index in [-0.39, 0.29) is 16.9 Å². The van der Waals surface area contributed by atoms with Crippen LogP contribution in [-0.4, -0.2) is 11.1 Å². The third-order valence-electron chi connectivity index (χ3n) is 4.35. The second kappa shape index (κ2) is 3.99. The summed E-state index contributed by atoms with van der Waals surface area (Å²) in [4.78, 5) is 0. The van der Waals surface area contributed by atoms with Gasteiger partial charge in [-0.1, -0.05) is 26.8 Å². The molecular weight excluding hydrogens is 222 g/mol. The van der Waals surface area contributed by atoms with Gasteiger partial charge in [-0.25, -0.2) is 0 Å². The topological polar surface area (TPSA) is 46.2 Å². The van der Waals surface area contributed by atoms with E-state index in [9.17, 15) is 5.11 Å². The van der Waals surface area contributed by atoms with E-state index < -0.39 is 0 Å². The van der Waals surface area contributed by atoms with E-state index in [1.54, 1.807) is 0 Å². The quantitative estimate of drug-likeness (QED) is 0.841. The smallest absolute Gasteiger partial charge is 0.119 e. The molecule has 0 bridgehead atoms. The fourth-order valence-corrected chi connectivity index (χ4v) is 2.93. The summed E-state index contributed by atoms with van der Waals surface area (Å²) in [5.74, 6) is 0.407. The van der Waals surface area contributed by atoms with Gasteiger partial charge in [0.25, 0.3) is 0 Å². The van der Waals surface area contributed by atoms with E-state index in [4.69, 9.17) is 5.73 Å². The van der Waals surface area contributed by atoms with Gasteiger partial charge < -0.3 is 10.8 Å². The molecular formula is C16H25NO. The Morgan fingerprint density at radius 1 is 1.28 bits per heavy atom. The minimum atomic E-state index is -0.0412. The fourth-order valence-electron chi connectivity index (χ4n) is 2.93. The molecule has 1 aliphatic rings. The zero-order chi connectivity index (χ0) is 13.7. The van der Waals surface area contributed by atoms with Crippen molar-refractivity contribution in [3.05, 3.63) is 28.8 Å². The summed E-state index contributed by atoms with van der Waals surface area (Å²) < 4.78 is 0. The molecule has 1 unspecified atom stereocenters. The first-order valence-corrected chi connectivity index (χ1v) is 6.78. The standard InChI is InChI=1S/C16H25NO/c1-10-8-14(18)13(15(3,4)5)9-12(10)16(6-7-16)11(2)17/h8-9,11,18H,6-7,17H2,1-5H3. The number of hydrogen-bond donors (Lipinski definition) is 2. The molecule has 3 N–H and O–H groups in total. The van der Waals surface area contributed by atoms with Gasteiger partial charge >= 0.3 is 0 Å². The molecule has 0 aliphatic heterocycles. The van der Waals surface area contributed by atoms with Crippen molar-refractivity contribution in [3.8, 4) is 5.75 Å². The molecule has 1 aromatic rings. The Hall–Kier alpha value is -1.02. The highest BCUT2D eigenvalue weighted by Gasteiger charge is 2.48. The number of phenolic OH excluding ortho intramolecular Hbond substituents is 1. The monoisotopic (exact) mass is 247 g/mol. The molecule has 1 aromatic carbocycles. The maximum absolute atomic E-state index is 10.1. The van der Waals surface area contributed by atoms with Crippen LogP contribution in [-0.2, 0) is 10.8 Å². The summed E-state index contributed by atoms with van der Waals surface area (Å²) in [6.07, 6.45) is 2.33. The summed E-state index contributed by atoms with van der Waals surface area (Å²) in [6.45, 7) is 10.6. The SMILES string of the molecule is Cc1cc(O)c(C(C)(C)C)cc1C1(C(C)N)CC1. The van der Waals surface area contributed by atoms with Crippen LogP contribution in [0.2, 0.25) is 0 Å². The normalized spacial score (nSPS) is 19.7. The highest BCUT2D eigenvalue weighted by Crippen LogP contribution is 2.52. The molecule has 0 radical (unpaired) electrons. The van der Waals surface area contributed by atoms with Gasteiger partial charge in [0.05, 0.1) is 0 Å². The van der Waals surface area contributed by atoms with E-state index in [1.807, 2.05) is 6.07 Å². The first-order valence-electron chi connectivity index (χ1n) is 6.78. The minimum absolute atomic E-state index is 0.0412. The molecule has 1 atom stereocenters. The maximum Gasteiger partial charge on any atom is 0.119 e. The van der Waals surface area contributed by atoms with Crippen molar-refractivity contribution in [2.45, 2.75) is 64.3 Å². The molecule has 0 saturated heterocycles. The molecule has 100 valence electrons. The molecule has 0 spiro atoms. The van der Waals surface area contributed by atoms with Crippen molar-refractivity contribution in [2.24, 2.45) is 5.73 Å². The Bertz CT molecular complexity index is 465. The van der Waals surface area contributed by atoms with E-state index in [1.165, 1.54) is 18.4 Å². The van der Waals surface area contributed by atoms with Gasteiger partial charge in [-0.15, -0.1) is 0 Å². The van der Waals surface area contributed by atoms with E-state index in [0.29, 0.717) is 5.75 Å². The van der Waals surface area contributed by atoms with Crippen LogP contribution in [0.3, 0.4) is 0 Å². The number of aryl methyl sites for hydroxylation is 1. The Kier molecular flexibility index (Phi) is 2.97. The summed E-state index contributed by atoms with van der Waals surface area (Å²) >= 11 is 0. The lowest BCUT2D eigenvalue weighted by Crippen LogP contribution is -2.32. The van der Waals surface area contributed by atoms with Crippen LogP contribution in [0, 0.1) is 6.92 Å². The molecule has 18 heavy (non-hydrogen) atoms. The van der Waals surface area contributed by atoms with Crippen LogP contribution in [0.1, 0.15) is 57.2 Å². The van der Waals surface area contributed by atoms with Gasteiger partial charge in [-0.3, -0.25) is 0 Å². The summed E-state index contributed by atoms with van der Waals surface area (Å²) in [5.41, 5.74) is 9.80. The molecule has 2 heteroatoms. The lowest BCUT2D eigenvalue weighted by atomic mass is 9.79. The van der Waals surface area contributed by atoms with Gasteiger partial charge in [0.1, 0.15) is 5.75 Å². The van der Waals surface area contributed by atoms with Crippen molar-refractivity contribution >= 4 is 0 Å². The molecule has 2 rings (SSSR count). The fraction of sp³-hybridized carbons (Fsp3) is 0.625. The highest BCUT2D eigenvalue weighted by atomic mass is 16.3. The Labute approximate surface area is 110 Å². The first-order chi connectivity index (χ1) is 8.18. The van der Waals surface area contributed by atoms with Crippen LogP contribution in [0.4, 0.5) is 0 Å². The zero-order valence-corrected chi connectivity index (χ0v) is 12.2. The molecule has 2 nitrogen and oxygen atoms in total. The molecule has 0 amide bonds. The van der Waals surface area contributed by atoms with Gasteiger partial charge in [0.15, 0.2) is 0 Å². The predicted octanol–water partition coefficient (Wildman–Crippen LogP) is 3.38. The predicted molar refractivity (Wildman–Crippen MR) is 76.1 cm³/mol. The Morgan fingerprint density at radius 2 is 1.83 bits per heavy atom. The minimum Gasteiger partial charge on any atom is -0.508 e. The van der Waals surface area contributed by atoms with Crippen molar-refractivity contribution in [1.29, 1.82) is 0 Å². The van der Waals surface area contributed by atoms with Crippen molar-refractivity contribution in [1.82, 2.24) is 0 Å². The number of benzene rings is 1. The van der Waals surface area contributed by atoms with Crippen molar-refractivity contribution < 1.29 is 5.11 Å². The number of rotatable bonds is 2. The molecule has 1 aliphatic carbocycles. The highest BCUT2D eigenvalue weighted by molar-refractivity contribution is 5.50. The van der Waals surface area contributed by atoms with Crippen molar-refractivity contribution in [3.63, 3.8) is 0 Å². The molecule has 1 saturated carbocycles. The lowest BCUT2D eigenvalue weighted by Gasteiger charge is -2.27. The molecule has 0 aromatic heterocycles. The van der Waals surface area contributed by atoms with Gasteiger partial charge in [0.2, 0.25) is 0 Å². The zero-order valence-electron chi connectivity index (χ0n) is 12.2. The third-order valence-corrected chi connectivity index (χ3v) is 4.35. The van der Waals surface area contributed by atoms with Crippen LogP contribution in [0.5, 0.6) is 5.75 Å². The third kappa shape index (κ3) is 2.03. The van der Waals surface area contributed by atoms with E-state index in [2.05, 4.69) is 40.7 Å². The summed E-state index contributed by atoms with van der Waals surface area (Å²) in [6, 6.07) is 4.26. The van der Waals surface area contributed by atoms with Crippen LogP contribution in [0.25, 0.3) is 0 Å². The van der Waals surface area contributed by atoms with Crippen molar-refractivity contribution in [2.75, 3.05) is 0 Å². The van der Waals surface area contributed by atoms with Crippen LogP contribution < -0.4 is 5.73 Å². The van der Waals surface area contributed by atoms with Gasteiger partial charge in [-0.05, 0) is 54.9 Å². The second-order valence-corrected chi connectivity index (χ2v) is 6.88. The lowest BCUT2D eigenvalue weighted by molar-refractivity contribution is 0.444. The van der Waals surface area contributed by atoms with E-state index in [0.717, 1.165) is 11.1 Å². The second-order valence-electron chi connectivity index (χ2n) is 6.88. The molecule has 0 heterocycles. The summed E-state index contributed by atoms with van der Waals surface area (Å²) in [5, 5.41) is 10.1. The van der Waals surface area contributed by atoms with E-state index >= 15 is 0 Å². The molecule has 1 fully saturated rings. The Morgan fingerprint density at radius 3 is 2.22 bits per heavy atom.